The molecular weight excluding hydrogens is 376 g/mol. The van der Waals surface area contributed by atoms with Crippen molar-refractivity contribution in [2.75, 3.05) is 38.3 Å². The molecule has 0 aromatic heterocycles. The molecule has 0 spiro atoms. The lowest BCUT2D eigenvalue weighted by molar-refractivity contribution is -0.149. The van der Waals surface area contributed by atoms with Crippen molar-refractivity contribution >= 4 is 35.1 Å². The molecule has 0 saturated carbocycles. The first kappa shape index (κ1) is 19.4. The Morgan fingerprint density at radius 2 is 2.19 bits per heavy atom. The SMILES string of the molecule is COc1ccc(Cl)cc1N1CC(C(=O)N2CCOCC2CC(=O)O)CC1=O. The highest BCUT2D eigenvalue weighted by molar-refractivity contribution is 6.31. The molecule has 0 aliphatic carbocycles. The Balaban J connectivity index is 1.77. The smallest absolute Gasteiger partial charge is 0.305 e. The number of aliphatic carboxylic acids is 1. The van der Waals surface area contributed by atoms with Crippen molar-refractivity contribution in [2.45, 2.75) is 18.9 Å². The third kappa shape index (κ3) is 4.17. The maximum atomic E-state index is 13.0. The van der Waals surface area contributed by atoms with Crippen molar-refractivity contribution in [3.05, 3.63) is 23.2 Å². The van der Waals surface area contributed by atoms with Crippen LogP contribution in [-0.2, 0) is 19.1 Å². The topological polar surface area (TPSA) is 96.4 Å². The molecule has 1 aromatic rings. The lowest BCUT2D eigenvalue weighted by Gasteiger charge is -2.36. The fraction of sp³-hybridized carbons (Fsp3) is 0.500. The van der Waals surface area contributed by atoms with Gasteiger partial charge in [0.05, 0.1) is 44.4 Å². The van der Waals surface area contributed by atoms with E-state index in [-0.39, 0.29) is 37.8 Å². The number of nitrogens with zero attached hydrogens (tertiary/aromatic N) is 2. The van der Waals surface area contributed by atoms with E-state index in [0.717, 1.165) is 0 Å². The number of halogens is 1. The highest BCUT2D eigenvalue weighted by Gasteiger charge is 2.40. The van der Waals surface area contributed by atoms with Gasteiger partial charge in [-0.05, 0) is 18.2 Å². The van der Waals surface area contributed by atoms with E-state index in [2.05, 4.69) is 0 Å². The van der Waals surface area contributed by atoms with Gasteiger partial charge in [-0.15, -0.1) is 0 Å². The van der Waals surface area contributed by atoms with Gasteiger partial charge in [0.15, 0.2) is 0 Å². The Labute approximate surface area is 161 Å². The summed E-state index contributed by atoms with van der Waals surface area (Å²) in [5, 5.41) is 9.53. The maximum absolute atomic E-state index is 13.0. The number of hydrogen-bond donors (Lipinski definition) is 1. The number of carboxylic acid groups (broad SMARTS) is 1. The van der Waals surface area contributed by atoms with E-state index in [1.54, 1.807) is 18.2 Å². The van der Waals surface area contributed by atoms with Gasteiger partial charge in [-0.25, -0.2) is 0 Å². The van der Waals surface area contributed by atoms with Crippen LogP contribution in [-0.4, -0.2) is 67.2 Å². The molecule has 2 unspecified atom stereocenters. The molecule has 3 rings (SSSR count). The first-order valence-electron chi connectivity index (χ1n) is 8.64. The minimum absolute atomic E-state index is 0.0612. The van der Waals surface area contributed by atoms with Crippen LogP contribution >= 0.6 is 11.6 Å². The molecule has 27 heavy (non-hydrogen) atoms. The Morgan fingerprint density at radius 1 is 1.41 bits per heavy atom. The molecule has 0 radical (unpaired) electrons. The largest absolute Gasteiger partial charge is 0.495 e. The third-order valence-electron chi connectivity index (χ3n) is 4.83. The van der Waals surface area contributed by atoms with Crippen LogP contribution in [0.5, 0.6) is 5.75 Å². The monoisotopic (exact) mass is 396 g/mol. The Morgan fingerprint density at radius 3 is 2.89 bits per heavy atom. The van der Waals surface area contributed by atoms with Gasteiger partial charge in [0.1, 0.15) is 5.75 Å². The third-order valence-corrected chi connectivity index (χ3v) is 5.06. The fourth-order valence-electron chi connectivity index (χ4n) is 3.53. The average Bonchev–Trinajstić information content (AvgIpc) is 3.02. The molecule has 2 atom stereocenters. The van der Waals surface area contributed by atoms with Gasteiger partial charge < -0.3 is 24.4 Å². The first-order chi connectivity index (χ1) is 12.9. The van der Waals surface area contributed by atoms with E-state index in [1.807, 2.05) is 0 Å². The average molecular weight is 397 g/mol. The summed E-state index contributed by atoms with van der Waals surface area (Å²) < 4.78 is 10.6. The van der Waals surface area contributed by atoms with E-state index < -0.39 is 17.9 Å². The van der Waals surface area contributed by atoms with Crippen molar-refractivity contribution in [1.29, 1.82) is 0 Å². The van der Waals surface area contributed by atoms with Crippen LogP contribution in [0.3, 0.4) is 0 Å². The molecule has 2 aliphatic rings. The predicted octanol–water partition coefficient (Wildman–Crippen LogP) is 1.40. The second kappa shape index (κ2) is 8.14. The number of amides is 2. The van der Waals surface area contributed by atoms with Gasteiger partial charge in [0.25, 0.3) is 0 Å². The Kier molecular flexibility index (Phi) is 5.86. The number of morpholine rings is 1. The predicted molar refractivity (Wildman–Crippen MR) is 97.0 cm³/mol. The normalized spacial score (nSPS) is 22.8. The summed E-state index contributed by atoms with van der Waals surface area (Å²) in [7, 11) is 1.50. The number of anilines is 1. The molecule has 2 fully saturated rings. The zero-order valence-electron chi connectivity index (χ0n) is 14.9. The number of benzene rings is 1. The summed E-state index contributed by atoms with van der Waals surface area (Å²) in [5.41, 5.74) is 0.523. The van der Waals surface area contributed by atoms with Crippen LogP contribution in [0.15, 0.2) is 18.2 Å². The van der Waals surface area contributed by atoms with Gasteiger partial charge in [0.2, 0.25) is 11.8 Å². The molecular formula is C18H21ClN2O6. The highest BCUT2D eigenvalue weighted by atomic mass is 35.5. The first-order valence-corrected chi connectivity index (χ1v) is 9.02. The molecule has 0 bridgehead atoms. The Bertz CT molecular complexity index is 755. The number of carbonyl (C=O) groups is 3. The summed E-state index contributed by atoms with van der Waals surface area (Å²) in [6.07, 6.45) is -0.121. The zero-order chi connectivity index (χ0) is 19.6. The second-order valence-electron chi connectivity index (χ2n) is 6.58. The number of rotatable bonds is 5. The molecule has 1 aromatic carbocycles. The number of hydrogen-bond acceptors (Lipinski definition) is 5. The van der Waals surface area contributed by atoms with Crippen LogP contribution in [0.25, 0.3) is 0 Å². The van der Waals surface area contributed by atoms with Crippen LogP contribution in [0.1, 0.15) is 12.8 Å². The number of methoxy groups -OCH3 is 1. The van der Waals surface area contributed by atoms with Crippen molar-refractivity contribution < 1.29 is 29.0 Å². The molecule has 9 heteroatoms. The van der Waals surface area contributed by atoms with E-state index in [9.17, 15) is 14.4 Å². The number of carbonyl (C=O) groups excluding carboxylic acids is 2. The summed E-state index contributed by atoms with van der Waals surface area (Å²) >= 11 is 6.05. The van der Waals surface area contributed by atoms with Crippen molar-refractivity contribution in [3.63, 3.8) is 0 Å². The van der Waals surface area contributed by atoms with E-state index in [0.29, 0.717) is 29.6 Å². The second-order valence-corrected chi connectivity index (χ2v) is 7.02. The summed E-state index contributed by atoms with van der Waals surface area (Å²) in [4.78, 5) is 39.6. The van der Waals surface area contributed by atoms with Crippen molar-refractivity contribution in [2.24, 2.45) is 5.92 Å². The molecule has 146 valence electrons. The van der Waals surface area contributed by atoms with Gasteiger partial charge >= 0.3 is 5.97 Å². The van der Waals surface area contributed by atoms with Crippen molar-refractivity contribution in [1.82, 2.24) is 4.90 Å². The lowest BCUT2D eigenvalue weighted by atomic mass is 10.0. The highest BCUT2D eigenvalue weighted by Crippen LogP contribution is 2.35. The summed E-state index contributed by atoms with van der Waals surface area (Å²) in [5.74, 6) is -1.46. The Hall–Kier alpha value is -2.32. The van der Waals surface area contributed by atoms with Gasteiger partial charge in [-0.2, -0.15) is 0 Å². The minimum atomic E-state index is -0.990. The zero-order valence-corrected chi connectivity index (χ0v) is 15.6. The quantitative estimate of drug-likeness (QED) is 0.808. The molecule has 8 nitrogen and oxygen atoms in total. The minimum Gasteiger partial charge on any atom is -0.495 e. The van der Waals surface area contributed by atoms with Gasteiger partial charge in [-0.1, -0.05) is 11.6 Å². The maximum Gasteiger partial charge on any atom is 0.305 e. The molecule has 2 heterocycles. The number of ether oxygens (including phenoxy) is 2. The van der Waals surface area contributed by atoms with Crippen LogP contribution in [0, 0.1) is 5.92 Å². The number of carboxylic acids is 1. The van der Waals surface area contributed by atoms with E-state index >= 15 is 0 Å². The molecule has 2 aliphatic heterocycles. The van der Waals surface area contributed by atoms with Crippen LogP contribution < -0.4 is 9.64 Å². The summed E-state index contributed by atoms with van der Waals surface area (Å²) in [6.45, 7) is 1.06. The van der Waals surface area contributed by atoms with Gasteiger partial charge in [-0.3, -0.25) is 14.4 Å². The van der Waals surface area contributed by atoms with Crippen LogP contribution in [0.4, 0.5) is 5.69 Å². The van der Waals surface area contributed by atoms with Gasteiger partial charge in [0, 0.05) is 24.5 Å². The molecule has 1 N–H and O–H groups in total. The standard InChI is InChI=1S/C18H21ClN2O6/c1-26-15-3-2-12(19)7-14(15)21-9-11(6-16(21)22)18(25)20-4-5-27-10-13(20)8-17(23)24/h2-3,7,11,13H,4-6,8-10H2,1H3,(H,23,24). The van der Waals surface area contributed by atoms with Crippen molar-refractivity contribution in [3.8, 4) is 5.75 Å². The molecule has 2 amide bonds. The van der Waals surface area contributed by atoms with E-state index in [4.69, 9.17) is 26.2 Å². The van der Waals surface area contributed by atoms with E-state index in [1.165, 1.54) is 16.9 Å². The lowest BCUT2D eigenvalue weighted by Crippen LogP contribution is -2.51. The fourth-order valence-corrected chi connectivity index (χ4v) is 3.70. The molecule has 2 saturated heterocycles. The van der Waals surface area contributed by atoms with Crippen LogP contribution in [0.2, 0.25) is 5.02 Å². The summed E-state index contributed by atoms with van der Waals surface area (Å²) in [6, 6.07) is 4.45.